The molecule has 2 aromatic rings. The molecule has 0 radical (unpaired) electrons. The third-order valence-electron chi connectivity index (χ3n) is 4.46. The van der Waals surface area contributed by atoms with Crippen LogP contribution >= 0.6 is 23.2 Å². The molecule has 0 saturated carbocycles. The minimum absolute atomic E-state index is 0.209. The van der Waals surface area contributed by atoms with E-state index in [-0.39, 0.29) is 5.91 Å². The average molecular weight is 381 g/mol. The fourth-order valence-electron chi connectivity index (χ4n) is 3.03. The second-order valence-electron chi connectivity index (χ2n) is 6.41. The quantitative estimate of drug-likeness (QED) is 0.799. The van der Waals surface area contributed by atoms with Crippen LogP contribution in [0.2, 0.25) is 10.0 Å². The maximum Gasteiger partial charge on any atom is 0.224 e. The Bertz CT molecular complexity index is 738. The van der Waals surface area contributed by atoms with Gasteiger partial charge in [0.1, 0.15) is 0 Å². The lowest BCUT2D eigenvalue weighted by Gasteiger charge is -2.35. The van der Waals surface area contributed by atoms with Gasteiger partial charge in [0.2, 0.25) is 5.91 Å². The highest BCUT2D eigenvalue weighted by atomic mass is 35.5. The van der Waals surface area contributed by atoms with Gasteiger partial charge in [-0.2, -0.15) is 0 Å². The second kappa shape index (κ2) is 8.21. The molecule has 134 valence electrons. The molecule has 7 heteroatoms. The van der Waals surface area contributed by atoms with Gasteiger partial charge < -0.3 is 9.47 Å². The van der Waals surface area contributed by atoms with Gasteiger partial charge in [0, 0.05) is 51.9 Å². The molecule has 1 aliphatic heterocycles. The van der Waals surface area contributed by atoms with Crippen LogP contribution < -0.4 is 0 Å². The number of aryl methyl sites for hydroxylation is 2. The molecular formula is C18H22Cl2N4O. The summed E-state index contributed by atoms with van der Waals surface area (Å²) in [6.45, 7) is 6.74. The molecule has 1 aromatic carbocycles. The van der Waals surface area contributed by atoms with Gasteiger partial charge in [0.25, 0.3) is 0 Å². The first-order valence-electron chi connectivity index (χ1n) is 8.44. The molecule has 3 rings (SSSR count). The van der Waals surface area contributed by atoms with Crippen molar-refractivity contribution in [1.82, 2.24) is 19.4 Å². The van der Waals surface area contributed by atoms with Crippen molar-refractivity contribution in [2.24, 2.45) is 0 Å². The molecule has 25 heavy (non-hydrogen) atoms. The minimum atomic E-state index is 0.209. The predicted molar refractivity (Wildman–Crippen MR) is 99.9 cm³/mol. The van der Waals surface area contributed by atoms with Gasteiger partial charge in [-0.3, -0.25) is 9.69 Å². The zero-order valence-corrected chi connectivity index (χ0v) is 15.8. The summed E-state index contributed by atoms with van der Waals surface area (Å²) in [6, 6.07) is 5.74. The van der Waals surface area contributed by atoms with Gasteiger partial charge in [0.05, 0.1) is 22.1 Å². The summed E-state index contributed by atoms with van der Waals surface area (Å²) in [7, 11) is 0. The van der Waals surface area contributed by atoms with Crippen molar-refractivity contribution < 1.29 is 4.79 Å². The number of halogens is 2. The van der Waals surface area contributed by atoms with Crippen LogP contribution in [0.1, 0.15) is 17.7 Å². The van der Waals surface area contributed by atoms with Gasteiger partial charge in [-0.1, -0.05) is 29.3 Å². The fraction of sp³-hybridized carbons (Fsp3) is 0.444. The number of nitrogens with zero attached hydrogens (tertiary/aromatic N) is 4. The van der Waals surface area contributed by atoms with Gasteiger partial charge >= 0.3 is 0 Å². The van der Waals surface area contributed by atoms with E-state index in [9.17, 15) is 4.79 Å². The Balaban J connectivity index is 1.44. The Morgan fingerprint density at radius 1 is 1.16 bits per heavy atom. The molecule has 0 aliphatic carbocycles. The average Bonchev–Trinajstić information content (AvgIpc) is 3.02. The monoisotopic (exact) mass is 380 g/mol. The fourth-order valence-corrected chi connectivity index (χ4v) is 3.35. The standard InChI is InChI=1S/C18H22Cl2N4O/c1-14-11-23(13-21-14)5-4-18(25)24-8-6-22(7-9-24)12-15-2-3-16(19)17(20)10-15/h2-3,10-11,13H,4-9,12H2,1H3. The molecule has 0 bridgehead atoms. The van der Waals surface area contributed by atoms with Crippen molar-refractivity contribution in [2.75, 3.05) is 26.2 Å². The topological polar surface area (TPSA) is 41.4 Å². The smallest absolute Gasteiger partial charge is 0.224 e. The normalized spacial score (nSPS) is 15.6. The van der Waals surface area contributed by atoms with Crippen LogP contribution in [0.4, 0.5) is 0 Å². The van der Waals surface area contributed by atoms with Crippen molar-refractivity contribution in [3.63, 3.8) is 0 Å². The van der Waals surface area contributed by atoms with Crippen LogP contribution in [0.3, 0.4) is 0 Å². The highest BCUT2D eigenvalue weighted by Gasteiger charge is 2.21. The maximum absolute atomic E-state index is 12.4. The third kappa shape index (κ3) is 4.97. The zero-order valence-electron chi connectivity index (χ0n) is 14.3. The molecule has 0 spiro atoms. The summed E-state index contributed by atoms with van der Waals surface area (Å²) in [4.78, 5) is 20.8. The summed E-state index contributed by atoms with van der Waals surface area (Å²) in [5, 5.41) is 1.16. The van der Waals surface area contributed by atoms with E-state index >= 15 is 0 Å². The van der Waals surface area contributed by atoms with E-state index in [1.165, 1.54) is 0 Å². The van der Waals surface area contributed by atoms with Crippen LogP contribution in [0, 0.1) is 6.92 Å². The molecular weight excluding hydrogens is 359 g/mol. The number of benzene rings is 1. The van der Waals surface area contributed by atoms with Gasteiger partial charge in [-0.05, 0) is 24.6 Å². The van der Waals surface area contributed by atoms with Crippen molar-refractivity contribution in [3.8, 4) is 0 Å². The lowest BCUT2D eigenvalue weighted by atomic mass is 10.2. The molecule has 0 N–H and O–H groups in total. The Kier molecular flexibility index (Phi) is 5.99. The van der Waals surface area contributed by atoms with Crippen LogP contribution in [-0.2, 0) is 17.9 Å². The Labute approximate surface area is 158 Å². The molecule has 1 saturated heterocycles. The summed E-state index contributed by atoms with van der Waals surface area (Å²) < 4.78 is 1.97. The number of carbonyl (C=O) groups is 1. The molecule has 5 nitrogen and oxygen atoms in total. The van der Waals surface area contributed by atoms with Crippen molar-refractivity contribution >= 4 is 29.1 Å². The maximum atomic E-state index is 12.4. The number of imidazole rings is 1. The molecule has 1 aromatic heterocycles. The lowest BCUT2D eigenvalue weighted by molar-refractivity contribution is -0.133. The van der Waals surface area contributed by atoms with Crippen LogP contribution in [0.5, 0.6) is 0 Å². The van der Waals surface area contributed by atoms with E-state index < -0.39 is 0 Å². The molecule has 1 amide bonds. The highest BCUT2D eigenvalue weighted by molar-refractivity contribution is 6.42. The number of carbonyl (C=O) groups excluding carboxylic acids is 1. The van der Waals surface area contributed by atoms with Crippen molar-refractivity contribution in [2.45, 2.75) is 26.4 Å². The summed E-state index contributed by atoms with van der Waals surface area (Å²) in [5.41, 5.74) is 2.12. The van der Waals surface area contributed by atoms with E-state index in [0.29, 0.717) is 23.0 Å². The van der Waals surface area contributed by atoms with E-state index in [1.54, 1.807) is 6.33 Å². The number of aromatic nitrogens is 2. The Morgan fingerprint density at radius 3 is 2.56 bits per heavy atom. The zero-order chi connectivity index (χ0) is 17.8. The Morgan fingerprint density at radius 2 is 1.92 bits per heavy atom. The van der Waals surface area contributed by atoms with Crippen molar-refractivity contribution in [3.05, 3.63) is 52.0 Å². The van der Waals surface area contributed by atoms with Crippen molar-refractivity contribution in [1.29, 1.82) is 0 Å². The van der Waals surface area contributed by atoms with Gasteiger partial charge in [-0.15, -0.1) is 0 Å². The minimum Gasteiger partial charge on any atom is -0.340 e. The lowest BCUT2D eigenvalue weighted by Crippen LogP contribution is -2.48. The van der Waals surface area contributed by atoms with Gasteiger partial charge in [-0.25, -0.2) is 4.98 Å². The SMILES string of the molecule is Cc1cn(CCC(=O)N2CCN(Cc3ccc(Cl)c(Cl)c3)CC2)cn1. The molecule has 0 unspecified atom stereocenters. The summed E-state index contributed by atoms with van der Waals surface area (Å²) in [5.74, 6) is 0.209. The number of hydrogen-bond donors (Lipinski definition) is 0. The third-order valence-corrected chi connectivity index (χ3v) is 5.20. The number of amides is 1. The number of rotatable bonds is 5. The first-order chi connectivity index (χ1) is 12.0. The first kappa shape index (κ1) is 18.2. The molecule has 1 aliphatic rings. The van der Waals surface area contributed by atoms with E-state index in [1.807, 2.05) is 40.8 Å². The van der Waals surface area contributed by atoms with Gasteiger partial charge in [0.15, 0.2) is 0 Å². The summed E-state index contributed by atoms with van der Waals surface area (Å²) >= 11 is 12.0. The van der Waals surface area contributed by atoms with E-state index in [4.69, 9.17) is 23.2 Å². The number of piperazine rings is 1. The van der Waals surface area contributed by atoms with E-state index in [2.05, 4.69) is 9.88 Å². The van der Waals surface area contributed by atoms with Crippen LogP contribution in [0.15, 0.2) is 30.7 Å². The highest BCUT2D eigenvalue weighted by Crippen LogP contribution is 2.23. The van der Waals surface area contributed by atoms with Crippen LogP contribution in [-0.4, -0.2) is 51.4 Å². The predicted octanol–water partition coefficient (Wildman–Crippen LogP) is 3.23. The number of hydrogen-bond acceptors (Lipinski definition) is 3. The molecule has 2 heterocycles. The molecule has 0 atom stereocenters. The Hall–Kier alpha value is -1.56. The van der Waals surface area contributed by atoms with E-state index in [0.717, 1.165) is 44.0 Å². The van der Waals surface area contributed by atoms with Crippen LogP contribution in [0.25, 0.3) is 0 Å². The first-order valence-corrected chi connectivity index (χ1v) is 9.19. The largest absolute Gasteiger partial charge is 0.340 e. The summed E-state index contributed by atoms with van der Waals surface area (Å²) in [6.07, 6.45) is 4.25. The molecule has 1 fully saturated rings. The second-order valence-corrected chi connectivity index (χ2v) is 7.22.